The highest BCUT2D eigenvalue weighted by Gasteiger charge is 2.18. The summed E-state index contributed by atoms with van der Waals surface area (Å²) in [7, 11) is 0. The summed E-state index contributed by atoms with van der Waals surface area (Å²) >= 11 is 0. The van der Waals surface area contributed by atoms with E-state index < -0.39 is 22.8 Å². The molecular weight excluding hydrogens is 240 g/mol. The van der Waals surface area contributed by atoms with Gasteiger partial charge in [0.15, 0.2) is 0 Å². The number of carboxylic acids is 1. The van der Waals surface area contributed by atoms with Crippen LogP contribution in [0.25, 0.3) is 0 Å². The third kappa shape index (κ3) is 3.55. The van der Waals surface area contributed by atoms with Crippen molar-refractivity contribution in [3.63, 3.8) is 0 Å². The number of benzene rings is 1. The first-order chi connectivity index (χ1) is 8.41. The molecule has 0 aromatic heterocycles. The minimum absolute atomic E-state index is 0.157. The van der Waals surface area contributed by atoms with Gasteiger partial charge in [0.1, 0.15) is 6.04 Å². The van der Waals surface area contributed by atoms with E-state index in [0.717, 1.165) is 0 Å². The van der Waals surface area contributed by atoms with Crippen molar-refractivity contribution < 1.29 is 19.6 Å². The number of carbonyl (C=O) groups excluding carboxylic acids is 1. The van der Waals surface area contributed by atoms with Crippen molar-refractivity contribution in [2.24, 2.45) is 0 Å². The minimum atomic E-state index is -1.16. The van der Waals surface area contributed by atoms with Gasteiger partial charge in [-0.1, -0.05) is 18.2 Å². The fraction of sp³-hybridized carbons (Fsp3) is 0.273. The van der Waals surface area contributed by atoms with Crippen LogP contribution in [0.3, 0.4) is 0 Å². The topological polar surface area (TPSA) is 110 Å². The summed E-state index contributed by atoms with van der Waals surface area (Å²) in [6, 6.07) is 4.81. The molecule has 0 saturated heterocycles. The number of nitro groups is 1. The monoisotopic (exact) mass is 252 g/mol. The van der Waals surface area contributed by atoms with Gasteiger partial charge >= 0.3 is 5.97 Å². The second-order valence-electron chi connectivity index (χ2n) is 3.69. The van der Waals surface area contributed by atoms with Crippen molar-refractivity contribution in [2.75, 3.05) is 0 Å². The molecule has 0 spiro atoms. The molecule has 0 heterocycles. The SMILES string of the molecule is C[C@H](NC(=O)Cc1ccccc1[N+](=O)[O-])C(=O)O. The lowest BCUT2D eigenvalue weighted by Gasteiger charge is -2.09. The van der Waals surface area contributed by atoms with Gasteiger partial charge in [-0.3, -0.25) is 19.7 Å². The van der Waals surface area contributed by atoms with Crippen molar-refractivity contribution >= 4 is 17.6 Å². The summed E-state index contributed by atoms with van der Waals surface area (Å²) in [6.45, 7) is 1.32. The van der Waals surface area contributed by atoms with Gasteiger partial charge in [-0.2, -0.15) is 0 Å². The van der Waals surface area contributed by atoms with Crippen molar-refractivity contribution in [2.45, 2.75) is 19.4 Å². The molecule has 7 nitrogen and oxygen atoms in total. The molecule has 1 atom stereocenters. The number of nitrogens with one attached hydrogen (secondary N) is 1. The number of nitrogens with zero attached hydrogens (tertiary/aromatic N) is 1. The molecule has 0 aliphatic rings. The Labute approximate surface area is 103 Å². The first-order valence-electron chi connectivity index (χ1n) is 5.16. The van der Waals surface area contributed by atoms with Crippen LogP contribution in [-0.2, 0) is 16.0 Å². The Morgan fingerprint density at radius 1 is 1.44 bits per heavy atom. The number of carboxylic acid groups (broad SMARTS) is 1. The average molecular weight is 252 g/mol. The number of carbonyl (C=O) groups is 2. The molecule has 1 amide bonds. The maximum atomic E-state index is 11.5. The molecule has 18 heavy (non-hydrogen) atoms. The molecule has 1 aromatic carbocycles. The Balaban J connectivity index is 2.76. The lowest BCUT2D eigenvalue weighted by Crippen LogP contribution is -2.39. The molecule has 0 bridgehead atoms. The van der Waals surface area contributed by atoms with Gasteiger partial charge < -0.3 is 10.4 Å². The van der Waals surface area contributed by atoms with Crippen molar-refractivity contribution in [3.05, 3.63) is 39.9 Å². The molecule has 2 N–H and O–H groups in total. The maximum absolute atomic E-state index is 11.5. The van der Waals surface area contributed by atoms with Gasteiger partial charge in [0.25, 0.3) is 5.69 Å². The number of hydrogen-bond acceptors (Lipinski definition) is 4. The average Bonchev–Trinajstić information content (AvgIpc) is 2.28. The van der Waals surface area contributed by atoms with E-state index in [4.69, 9.17) is 5.11 Å². The third-order valence-electron chi connectivity index (χ3n) is 2.29. The van der Waals surface area contributed by atoms with Gasteiger partial charge in [-0.25, -0.2) is 0 Å². The van der Waals surface area contributed by atoms with E-state index in [-0.39, 0.29) is 17.7 Å². The van der Waals surface area contributed by atoms with Gasteiger partial charge in [-0.05, 0) is 6.92 Å². The molecular formula is C11H12N2O5. The number of nitro benzene ring substituents is 1. The zero-order valence-corrected chi connectivity index (χ0v) is 9.62. The number of aliphatic carboxylic acids is 1. The van der Waals surface area contributed by atoms with Gasteiger partial charge in [0, 0.05) is 11.6 Å². The summed E-state index contributed by atoms with van der Waals surface area (Å²) in [4.78, 5) is 32.2. The first kappa shape index (κ1) is 13.6. The van der Waals surface area contributed by atoms with Crippen LogP contribution in [0.15, 0.2) is 24.3 Å². The fourth-order valence-electron chi connectivity index (χ4n) is 1.37. The molecule has 0 aliphatic heterocycles. The predicted molar refractivity (Wildman–Crippen MR) is 62.0 cm³/mol. The number of rotatable bonds is 5. The highest BCUT2D eigenvalue weighted by Crippen LogP contribution is 2.17. The largest absolute Gasteiger partial charge is 0.480 e. The number of amides is 1. The van der Waals surface area contributed by atoms with Crippen LogP contribution in [0.2, 0.25) is 0 Å². The Bertz CT molecular complexity index is 486. The summed E-state index contributed by atoms with van der Waals surface area (Å²) in [6.07, 6.45) is -0.227. The highest BCUT2D eigenvalue weighted by molar-refractivity contribution is 5.85. The van der Waals surface area contributed by atoms with E-state index >= 15 is 0 Å². The zero-order valence-electron chi connectivity index (χ0n) is 9.62. The van der Waals surface area contributed by atoms with Gasteiger partial charge in [0.05, 0.1) is 11.3 Å². The molecule has 0 aliphatic carbocycles. The Morgan fingerprint density at radius 3 is 2.61 bits per heavy atom. The van der Waals surface area contributed by atoms with E-state index in [1.807, 2.05) is 0 Å². The lowest BCUT2D eigenvalue weighted by atomic mass is 10.1. The molecule has 7 heteroatoms. The second kappa shape index (κ2) is 5.76. The summed E-state index contributed by atoms with van der Waals surface area (Å²) in [5.74, 6) is -1.73. The Morgan fingerprint density at radius 2 is 2.06 bits per heavy atom. The Kier molecular flexibility index (Phi) is 4.36. The van der Waals surface area contributed by atoms with Crippen LogP contribution in [0.1, 0.15) is 12.5 Å². The third-order valence-corrected chi connectivity index (χ3v) is 2.29. The molecule has 1 aromatic rings. The molecule has 0 radical (unpaired) electrons. The summed E-state index contributed by atoms with van der Waals surface area (Å²) in [5.41, 5.74) is 0.0909. The van der Waals surface area contributed by atoms with Crippen LogP contribution in [0.4, 0.5) is 5.69 Å². The maximum Gasteiger partial charge on any atom is 0.325 e. The van der Waals surface area contributed by atoms with E-state index in [1.165, 1.54) is 25.1 Å². The number of hydrogen-bond donors (Lipinski definition) is 2. The summed E-state index contributed by atoms with van der Waals surface area (Å²) in [5, 5.41) is 21.6. The first-order valence-corrected chi connectivity index (χ1v) is 5.16. The Hall–Kier alpha value is -2.44. The minimum Gasteiger partial charge on any atom is -0.480 e. The van der Waals surface area contributed by atoms with E-state index in [9.17, 15) is 19.7 Å². The second-order valence-corrected chi connectivity index (χ2v) is 3.69. The zero-order chi connectivity index (χ0) is 13.7. The smallest absolute Gasteiger partial charge is 0.325 e. The standard InChI is InChI=1S/C11H12N2O5/c1-7(11(15)16)12-10(14)6-8-4-2-3-5-9(8)13(17)18/h2-5,7H,6H2,1H3,(H,12,14)(H,15,16)/t7-/m0/s1. The van der Waals surface area contributed by atoms with Crippen LogP contribution >= 0.6 is 0 Å². The molecule has 1 rings (SSSR count). The predicted octanol–water partition coefficient (Wildman–Crippen LogP) is 0.727. The van der Waals surface area contributed by atoms with Crippen molar-refractivity contribution in [3.8, 4) is 0 Å². The molecule has 0 fully saturated rings. The van der Waals surface area contributed by atoms with Crippen LogP contribution in [0.5, 0.6) is 0 Å². The van der Waals surface area contributed by atoms with Crippen molar-refractivity contribution in [1.82, 2.24) is 5.32 Å². The fourth-order valence-corrected chi connectivity index (χ4v) is 1.37. The van der Waals surface area contributed by atoms with Gasteiger partial charge in [-0.15, -0.1) is 0 Å². The van der Waals surface area contributed by atoms with E-state index in [0.29, 0.717) is 0 Å². The summed E-state index contributed by atoms with van der Waals surface area (Å²) < 4.78 is 0. The molecule has 96 valence electrons. The van der Waals surface area contributed by atoms with Crippen molar-refractivity contribution in [1.29, 1.82) is 0 Å². The van der Waals surface area contributed by atoms with Gasteiger partial charge in [0.2, 0.25) is 5.91 Å². The highest BCUT2D eigenvalue weighted by atomic mass is 16.6. The lowest BCUT2D eigenvalue weighted by molar-refractivity contribution is -0.385. The van der Waals surface area contributed by atoms with Crippen LogP contribution in [-0.4, -0.2) is 27.9 Å². The molecule has 0 saturated carbocycles. The quantitative estimate of drug-likeness (QED) is 0.592. The normalized spacial score (nSPS) is 11.6. The van der Waals surface area contributed by atoms with E-state index in [1.54, 1.807) is 6.07 Å². The van der Waals surface area contributed by atoms with E-state index in [2.05, 4.69) is 5.32 Å². The van der Waals surface area contributed by atoms with Crippen LogP contribution < -0.4 is 5.32 Å². The van der Waals surface area contributed by atoms with Crippen LogP contribution in [0, 0.1) is 10.1 Å². The number of para-hydroxylation sites is 1. The molecule has 0 unspecified atom stereocenters.